The summed E-state index contributed by atoms with van der Waals surface area (Å²) in [4.78, 5) is 27.1. The number of ether oxygens (including phenoxy) is 1. The molecule has 0 saturated carbocycles. The average Bonchev–Trinajstić information content (AvgIpc) is 3.08. The Morgan fingerprint density at radius 2 is 1.75 bits per heavy atom. The van der Waals surface area contributed by atoms with Crippen molar-refractivity contribution in [3.63, 3.8) is 0 Å². The van der Waals surface area contributed by atoms with Gasteiger partial charge in [-0.25, -0.2) is 9.18 Å². The van der Waals surface area contributed by atoms with Gasteiger partial charge in [0.1, 0.15) is 12.4 Å². The molecule has 1 amide bonds. The first-order valence-electron chi connectivity index (χ1n) is 9.10. The highest BCUT2D eigenvalue weighted by molar-refractivity contribution is 6.07. The molecule has 138 valence electrons. The van der Waals surface area contributed by atoms with Gasteiger partial charge < -0.3 is 4.74 Å². The van der Waals surface area contributed by atoms with Gasteiger partial charge in [-0.05, 0) is 34.5 Å². The van der Waals surface area contributed by atoms with E-state index in [4.69, 9.17) is 4.74 Å². The van der Waals surface area contributed by atoms with Crippen molar-refractivity contribution in [3.8, 4) is 0 Å². The summed E-state index contributed by atoms with van der Waals surface area (Å²) in [5.41, 5.74) is 2.33. The van der Waals surface area contributed by atoms with Gasteiger partial charge in [0.05, 0.1) is 17.0 Å². The third-order valence-electron chi connectivity index (χ3n) is 5.38. The second-order valence-electron chi connectivity index (χ2n) is 6.97. The summed E-state index contributed by atoms with van der Waals surface area (Å²) in [6.45, 7) is 0.0116. The van der Waals surface area contributed by atoms with Crippen LogP contribution in [-0.4, -0.2) is 18.5 Å². The maximum atomic E-state index is 13.7. The molecule has 0 aromatic heterocycles. The molecular weight excluding hydrogens is 357 g/mol. The largest absolute Gasteiger partial charge is 0.456 e. The molecule has 0 N–H and O–H groups in total. The highest BCUT2D eigenvalue weighted by Crippen LogP contribution is 2.43. The lowest BCUT2D eigenvalue weighted by Gasteiger charge is -2.32. The Labute approximate surface area is 160 Å². The molecule has 0 aliphatic carbocycles. The summed E-state index contributed by atoms with van der Waals surface area (Å²) in [5, 5.41) is 2.06. The van der Waals surface area contributed by atoms with E-state index in [1.54, 1.807) is 12.1 Å². The van der Waals surface area contributed by atoms with Crippen molar-refractivity contribution in [2.24, 2.45) is 0 Å². The molecular formula is C23H16FNO3. The van der Waals surface area contributed by atoms with Gasteiger partial charge in [0, 0.05) is 12.3 Å². The highest BCUT2D eigenvalue weighted by Gasteiger charge is 2.43. The first kappa shape index (κ1) is 16.7. The van der Waals surface area contributed by atoms with Crippen molar-refractivity contribution < 1.29 is 18.7 Å². The number of cyclic esters (lactones) is 1. The third-order valence-corrected chi connectivity index (χ3v) is 5.38. The van der Waals surface area contributed by atoms with Crippen LogP contribution in [-0.2, 0) is 14.3 Å². The van der Waals surface area contributed by atoms with Crippen LogP contribution in [0.4, 0.5) is 10.1 Å². The number of carbonyl (C=O) groups is 2. The lowest BCUT2D eigenvalue weighted by atomic mass is 9.82. The summed E-state index contributed by atoms with van der Waals surface area (Å²) in [6, 6.07) is 19.6. The fraction of sp³-hybridized carbons (Fsp3) is 0.130. The van der Waals surface area contributed by atoms with Crippen molar-refractivity contribution >= 4 is 28.3 Å². The topological polar surface area (TPSA) is 46.6 Å². The predicted molar refractivity (Wildman–Crippen MR) is 103 cm³/mol. The van der Waals surface area contributed by atoms with Crippen molar-refractivity contribution in [2.75, 3.05) is 11.5 Å². The van der Waals surface area contributed by atoms with Crippen LogP contribution in [0.3, 0.4) is 0 Å². The SMILES string of the molecule is O=C1OCC2=C1C(c1cccc3ccccc13)CC(=O)N2c1cccc(F)c1. The van der Waals surface area contributed by atoms with Crippen LogP contribution in [0.2, 0.25) is 0 Å². The summed E-state index contributed by atoms with van der Waals surface area (Å²) in [6.07, 6.45) is 0.123. The van der Waals surface area contributed by atoms with Crippen molar-refractivity contribution in [1.82, 2.24) is 0 Å². The summed E-state index contributed by atoms with van der Waals surface area (Å²) >= 11 is 0. The molecule has 1 atom stereocenters. The van der Waals surface area contributed by atoms with Crippen LogP contribution in [0.15, 0.2) is 78.0 Å². The molecule has 0 fully saturated rings. The minimum Gasteiger partial charge on any atom is -0.456 e. The van der Waals surface area contributed by atoms with Crippen LogP contribution in [0, 0.1) is 5.82 Å². The molecule has 3 aromatic rings. The smallest absolute Gasteiger partial charge is 0.336 e. The van der Waals surface area contributed by atoms with Gasteiger partial charge in [-0.3, -0.25) is 9.69 Å². The summed E-state index contributed by atoms with van der Waals surface area (Å²) in [7, 11) is 0. The summed E-state index contributed by atoms with van der Waals surface area (Å²) < 4.78 is 19.0. The van der Waals surface area contributed by atoms with E-state index in [1.165, 1.54) is 17.0 Å². The average molecular weight is 373 g/mol. The number of carbonyl (C=O) groups excluding carboxylic acids is 2. The Morgan fingerprint density at radius 1 is 0.964 bits per heavy atom. The number of amides is 1. The molecule has 0 bridgehead atoms. The van der Waals surface area contributed by atoms with E-state index in [2.05, 4.69) is 0 Å². The van der Waals surface area contributed by atoms with E-state index in [9.17, 15) is 14.0 Å². The maximum Gasteiger partial charge on any atom is 0.336 e. The number of anilines is 1. The molecule has 0 spiro atoms. The lowest BCUT2D eigenvalue weighted by Crippen LogP contribution is -2.37. The Balaban J connectivity index is 1.69. The Bertz CT molecular complexity index is 1160. The number of esters is 1. The minimum absolute atomic E-state index is 0.0116. The number of fused-ring (bicyclic) bond motifs is 1. The molecule has 2 heterocycles. The second kappa shape index (κ2) is 6.30. The van der Waals surface area contributed by atoms with Gasteiger partial charge in [-0.1, -0.05) is 48.5 Å². The van der Waals surface area contributed by atoms with E-state index in [0.29, 0.717) is 17.0 Å². The van der Waals surface area contributed by atoms with Crippen LogP contribution in [0.1, 0.15) is 17.9 Å². The molecule has 1 unspecified atom stereocenters. The first-order valence-corrected chi connectivity index (χ1v) is 9.10. The fourth-order valence-electron chi connectivity index (χ4n) is 4.19. The molecule has 2 aliphatic heterocycles. The normalized spacial score (nSPS) is 19.2. The van der Waals surface area contributed by atoms with Gasteiger partial charge in [-0.15, -0.1) is 0 Å². The number of nitrogens with zero attached hydrogens (tertiary/aromatic N) is 1. The Kier molecular flexibility index (Phi) is 3.76. The molecule has 5 heteroatoms. The van der Waals surface area contributed by atoms with E-state index in [-0.39, 0.29) is 24.9 Å². The zero-order chi connectivity index (χ0) is 19.3. The second-order valence-corrected chi connectivity index (χ2v) is 6.97. The van der Waals surface area contributed by atoms with Crippen LogP contribution in [0.25, 0.3) is 10.8 Å². The molecule has 0 radical (unpaired) electrons. The zero-order valence-corrected chi connectivity index (χ0v) is 14.9. The summed E-state index contributed by atoms with van der Waals surface area (Å²) in [5.74, 6) is -1.41. The Morgan fingerprint density at radius 3 is 2.61 bits per heavy atom. The maximum absolute atomic E-state index is 13.7. The number of hydrogen-bond donors (Lipinski definition) is 0. The Hall–Kier alpha value is -3.47. The highest BCUT2D eigenvalue weighted by atomic mass is 19.1. The van der Waals surface area contributed by atoms with Crippen LogP contribution >= 0.6 is 0 Å². The van der Waals surface area contributed by atoms with E-state index < -0.39 is 11.8 Å². The monoisotopic (exact) mass is 373 g/mol. The van der Waals surface area contributed by atoms with Gasteiger partial charge in [-0.2, -0.15) is 0 Å². The molecule has 2 aliphatic rings. The standard InChI is InChI=1S/C23H16FNO3/c24-15-7-4-8-16(11-15)25-20-13-28-23(27)22(20)19(12-21(25)26)18-10-3-6-14-5-1-2-9-17(14)18/h1-11,19H,12-13H2. The quantitative estimate of drug-likeness (QED) is 0.629. The molecule has 4 nitrogen and oxygen atoms in total. The van der Waals surface area contributed by atoms with Gasteiger partial charge in [0.15, 0.2) is 0 Å². The zero-order valence-electron chi connectivity index (χ0n) is 14.9. The number of halogens is 1. The molecule has 5 rings (SSSR count). The van der Waals surface area contributed by atoms with Gasteiger partial charge in [0.2, 0.25) is 5.91 Å². The number of hydrogen-bond acceptors (Lipinski definition) is 3. The molecule has 28 heavy (non-hydrogen) atoms. The van der Waals surface area contributed by atoms with Crippen LogP contribution < -0.4 is 4.90 Å². The van der Waals surface area contributed by atoms with Crippen LogP contribution in [0.5, 0.6) is 0 Å². The fourth-order valence-corrected chi connectivity index (χ4v) is 4.19. The molecule has 0 saturated heterocycles. The minimum atomic E-state index is -0.436. The predicted octanol–water partition coefficient (Wildman–Crippen LogP) is 4.31. The van der Waals surface area contributed by atoms with Gasteiger partial charge in [0.25, 0.3) is 0 Å². The van der Waals surface area contributed by atoms with Crippen molar-refractivity contribution in [1.29, 1.82) is 0 Å². The molecule has 3 aromatic carbocycles. The van der Waals surface area contributed by atoms with E-state index >= 15 is 0 Å². The third kappa shape index (κ3) is 2.51. The first-order chi connectivity index (χ1) is 13.6. The van der Waals surface area contributed by atoms with Crippen molar-refractivity contribution in [3.05, 3.63) is 89.4 Å². The van der Waals surface area contributed by atoms with E-state index in [0.717, 1.165) is 16.3 Å². The van der Waals surface area contributed by atoms with Crippen molar-refractivity contribution in [2.45, 2.75) is 12.3 Å². The number of rotatable bonds is 2. The lowest BCUT2D eigenvalue weighted by molar-refractivity contribution is -0.136. The van der Waals surface area contributed by atoms with E-state index in [1.807, 2.05) is 42.5 Å². The van der Waals surface area contributed by atoms with Gasteiger partial charge >= 0.3 is 5.97 Å². The number of benzene rings is 3.